The minimum atomic E-state index is 0.359. The lowest BCUT2D eigenvalue weighted by Crippen LogP contribution is -1.95. The number of aromatic nitrogens is 1. The second-order valence-corrected chi connectivity index (χ2v) is 2.75. The van der Waals surface area contributed by atoms with Gasteiger partial charge in [-0.15, -0.1) is 0 Å². The summed E-state index contributed by atoms with van der Waals surface area (Å²) >= 11 is 0. The van der Waals surface area contributed by atoms with Crippen molar-refractivity contribution in [1.29, 1.82) is 10.5 Å². The first-order valence-corrected chi connectivity index (χ1v) is 3.96. The first-order valence-electron chi connectivity index (χ1n) is 3.96. The molecule has 0 saturated carbocycles. The molecule has 0 amide bonds. The molecule has 1 heterocycles. The van der Waals surface area contributed by atoms with Crippen molar-refractivity contribution in [3.8, 4) is 12.1 Å². The molecule has 0 radical (unpaired) electrons. The molecular weight excluding hydrogens is 162 g/mol. The maximum Gasteiger partial charge on any atom is 0.0670 e. The van der Waals surface area contributed by atoms with Gasteiger partial charge < -0.3 is 0 Å². The van der Waals surface area contributed by atoms with E-state index in [1.165, 1.54) is 0 Å². The quantitative estimate of drug-likeness (QED) is 0.677. The lowest BCUT2D eigenvalue weighted by Gasteiger charge is -2.04. The van der Waals surface area contributed by atoms with Crippen molar-refractivity contribution in [1.82, 2.24) is 4.98 Å². The third-order valence-electron chi connectivity index (χ3n) is 1.96. The van der Waals surface area contributed by atoms with E-state index in [0.717, 1.165) is 16.7 Å². The van der Waals surface area contributed by atoms with Gasteiger partial charge in [-0.1, -0.05) is 0 Å². The summed E-state index contributed by atoms with van der Waals surface area (Å²) in [5.41, 5.74) is 2.84. The molecule has 0 aliphatic carbocycles. The molecule has 0 unspecified atom stereocenters. The molecule has 3 nitrogen and oxygen atoms in total. The predicted octanol–water partition coefficient (Wildman–Crippen LogP) is 1.52. The number of rotatable bonds is 2. The highest BCUT2D eigenvalue weighted by molar-refractivity contribution is 5.33. The molecule has 64 valence electrons. The SMILES string of the molecule is Cc1c(CC#N)cncc1CC#N. The zero-order valence-corrected chi connectivity index (χ0v) is 7.41. The molecule has 0 spiro atoms. The molecule has 0 aliphatic rings. The average Bonchev–Trinajstić information content (AvgIpc) is 2.13. The van der Waals surface area contributed by atoms with Crippen LogP contribution in [-0.2, 0) is 12.8 Å². The number of nitriles is 2. The van der Waals surface area contributed by atoms with Gasteiger partial charge in [0, 0.05) is 12.4 Å². The standard InChI is InChI=1S/C10H9N3/c1-8-9(2-4-11)6-13-7-10(8)3-5-12/h6-7H,2-3H2,1H3. The Balaban J connectivity index is 3.06. The van der Waals surface area contributed by atoms with Crippen molar-refractivity contribution in [2.45, 2.75) is 19.8 Å². The second-order valence-electron chi connectivity index (χ2n) is 2.75. The molecule has 13 heavy (non-hydrogen) atoms. The topological polar surface area (TPSA) is 60.5 Å². The number of nitrogens with zero attached hydrogens (tertiary/aromatic N) is 3. The number of pyridine rings is 1. The van der Waals surface area contributed by atoms with E-state index in [9.17, 15) is 0 Å². The van der Waals surface area contributed by atoms with Gasteiger partial charge in [0.1, 0.15) is 0 Å². The number of hydrogen-bond acceptors (Lipinski definition) is 3. The minimum Gasteiger partial charge on any atom is -0.264 e. The van der Waals surface area contributed by atoms with E-state index in [0.29, 0.717) is 12.8 Å². The van der Waals surface area contributed by atoms with Crippen LogP contribution in [0.2, 0.25) is 0 Å². The Morgan fingerprint density at radius 2 is 1.62 bits per heavy atom. The van der Waals surface area contributed by atoms with Gasteiger partial charge in [-0.3, -0.25) is 4.98 Å². The summed E-state index contributed by atoms with van der Waals surface area (Å²) in [5, 5.41) is 17.0. The fraction of sp³-hybridized carbons (Fsp3) is 0.300. The first-order chi connectivity index (χ1) is 6.29. The predicted molar refractivity (Wildman–Crippen MR) is 47.6 cm³/mol. The van der Waals surface area contributed by atoms with Gasteiger partial charge in [-0.05, 0) is 23.6 Å². The van der Waals surface area contributed by atoms with Gasteiger partial charge in [0.25, 0.3) is 0 Å². The van der Waals surface area contributed by atoms with E-state index in [1.807, 2.05) is 6.92 Å². The summed E-state index contributed by atoms with van der Waals surface area (Å²) in [5.74, 6) is 0. The molecule has 0 aliphatic heterocycles. The van der Waals surface area contributed by atoms with Crippen LogP contribution in [0.4, 0.5) is 0 Å². The van der Waals surface area contributed by atoms with Gasteiger partial charge in [-0.2, -0.15) is 10.5 Å². The maximum absolute atomic E-state index is 8.52. The fourth-order valence-electron chi connectivity index (χ4n) is 1.14. The largest absolute Gasteiger partial charge is 0.264 e. The molecule has 0 saturated heterocycles. The Morgan fingerprint density at radius 3 is 2.00 bits per heavy atom. The van der Waals surface area contributed by atoms with Gasteiger partial charge in [0.15, 0.2) is 0 Å². The van der Waals surface area contributed by atoms with Gasteiger partial charge in [0.05, 0.1) is 25.0 Å². The van der Waals surface area contributed by atoms with Crippen LogP contribution in [0.5, 0.6) is 0 Å². The van der Waals surface area contributed by atoms with E-state index in [4.69, 9.17) is 10.5 Å². The molecule has 1 aromatic heterocycles. The molecule has 0 bridgehead atoms. The second kappa shape index (κ2) is 4.23. The van der Waals surface area contributed by atoms with E-state index in [2.05, 4.69) is 17.1 Å². The zero-order chi connectivity index (χ0) is 9.68. The van der Waals surface area contributed by atoms with E-state index < -0.39 is 0 Å². The molecule has 1 aromatic rings. The average molecular weight is 171 g/mol. The third kappa shape index (κ3) is 2.04. The van der Waals surface area contributed by atoms with E-state index in [1.54, 1.807) is 12.4 Å². The highest BCUT2D eigenvalue weighted by Gasteiger charge is 2.03. The van der Waals surface area contributed by atoms with Crippen LogP contribution >= 0.6 is 0 Å². The molecule has 0 atom stereocenters. The van der Waals surface area contributed by atoms with Crippen molar-refractivity contribution in [2.24, 2.45) is 0 Å². The fourth-order valence-corrected chi connectivity index (χ4v) is 1.14. The van der Waals surface area contributed by atoms with Gasteiger partial charge in [0.2, 0.25) is 0 Å². The summed E-state index contributed by atoms with van der Waals surface area (Å²) in [4.78, 5) is 3.98. The Bertz CT molecular complexity index is 348. The molecule has 0 aromatic carbocycles. The van der Waals surface area contributed by atoms with Crippen LogP contribution in [0.1, 0.15) is 16.7 Å². The third-order valence-corrected chi connectivity index (χ3v) is 1.96. The van der Waals surface area contributed by atoms with Crippen molar-refractivity contribution < 1.29 is 0 Å². The molecule has 1 rings (SSSR count). The molecule has 3 heteroatoms. The Kier molecular flexibility index (Phi) is 3.00. The van der Waals surface area contributed by atoms with Crippen LogP contribution in [0.15, 0.2) is 12.4 Å². The van der Waals surface area contributed by atoms with Crippen molar-refractivity contribution in [2.75, 3.05) is 0 Å². The van der Waals surface area contributed by atoms with Gasteiger partial charge in [-0.25, -0.2) is 0 Å². The van der Waals surface area contributed by atoms with Gasteiger partial charge >= 0.3 is 0 Å². The van der Waals surface area contributed by atoms with Crippen LogP contribution in [0, 0.1) is 29.6 Å². The smallest absolute Gasteiger partial charge is 0.0670 e. The van der Waals surface area contributed by atoms with E-state index in [-0.39, 0.29) is 0 Å². The van der Waals surface area contributed by atoms with Crippen LogP contribution in [0.25, 0.3) is 0 Å². The summed E-state index contributed by atoms with van der Waals surface area (Å²) in [6, 6.07) is 4.14. The lowest BCUT2D eigenvalue weighted by molar-refractivity contribution is 1.08. The highest BCUT2D eigenvalue weighted by Crippen LogP contribution is 2.12. The summed E-state index contributed by atoms with van der Waals surface area (Å²) < 4.78 is 0. The normalized spacial score (nSPS) is 8.85. The van der Waals surface area contributed by atoms with Crippen molar-refractivity contribution in [3.05, 3.63) is 29.1 Å². The Morgan fingerprint density at radius 1 is 1.15 bits per heavy atom. The van der Waals surface area contributed by atoms with Crippen LogP contribution in [0.3, 0.4) is 0 Å². The Hall–Kier alpha value is -1.87. The van der Waals surface area contributed by atoms with Crippen molar-refractivity contribution >= 4 is 0 Å². The van der Waals surface area contributed by atoms with Crippen LogP contribution < -0.4 is 0 Å². The van der Waals surface area contributed by atoms with E-state index >= 15 is 0 Å². The Labute approximate surface area is 77.3 Å². The van der Waals surface area contributed by atoms with Crippen molar-refractivity contribution in [3.63, 3.8) is 0 Å². The maximum atomic E-state index is 8.52. The summed E-state index contributed by atoms with van der Waals surface area (Å²) in [6.07, 6.45) is 4.08. The summed E-state index contributed by atoms with van der Waals surface area (Å²) in [7, 11) is 0. The molecule has 0 N–H and O–H groups in total. The van der Waals surface area contributed by atoms with Crippen LogP contribution in [-0.4, -0.2) is 4.98 Å². The first kappa shape index (κ1) is 9.22. The molecular formula is C10H9N3. The monoisotopic (exact) mass is 171 g/mol. The zero-order valence-electron chi connectivity index (χ0n) is 7.41. The lowest BCUT2D eigenvalue weighted by atomic mass is 10.0. The number of hydrogen-bond donors (Lipinski definition) is 0. The molecule has 0 fully saturated rings. The summed E-state index contributed by atoms with van der Waals surface area (Å²) in [6.45, 7) is 1.92. The highest BCUT2D eigenvalue weighted by atomic mass is 14.6. The minimum absolute atomic E-state index is 0.359.